The third-order valence-corrected chi connectivity index (χ3v) is 3.08. The molecule has 0 saturated heterocycles. The number of aliphatic hydroxyl groups is 2. The predicted molar refractivity (Wildman–Crippen MR) is 52.0 cm³/mol. The molecule has 1 aliphatic rings. The molecule has 2 N–H and O–H groups in total. The maximum Gasteiger partial charge on any atom is 0.186 e. The van der Waals surface area contributed by atoms with E-state index in [2.05, 4.69) is 22.9 Å². The molecule has 0 radical (unpaired) electrons. The van der Waals surface area contributed by atoms with E-state index < -0.39 is 5.79 Å². The molecule has 1 rings (SSSR count). The number of allylic oxidation sites excluding steroid dienone is 2. The van der Waals surface area contributed by atoms with Crippen molar-refractivity contribution in [1.82, 2.24) is 0 Å². The number of hydrogen-bond donors (Lipinski definition) is 2. The molecular formula is C9H13BrO2. The van der Waals surface area contributed by atoms with Gasteiger partial charge in [0.15, 0.2) is 5.79 Å². The van der Waals surface area contributed by atoms with Gasteiger partial charge >= 0.3 is 0 Å². The van der Waals surface area contributed by atoms with Gasteiger partial charge in [0.25, 0.3) is 0 Å². The van der Waals surface area contributed by atoms with Gasteiger partial charge in [0.2, 0.25) is 0 Å². The van der Waals surface area contributed by atoms with E-state index in [4.69, 9.17) is 10.2 Å². The number of halogens is 1. The first kappa shape index (κ1) is 9.96. The zero-order valence-electron chi connectivity index (χ0n) is 7.00. The standard InChI is InChI=1S/C9H13BrO2/c1-2-8(10)7-3-5-9(11,12)6-4-7/h3-5,8,11-12H,2,6H2,1H3. The molecule has 1 aliphatic carbocycles. The van der Waals surface area contributed by atoms with E-state index in [0.29, 0.717) is 4.83 Å². The maximum absolute atomic E-state index is 9.16. The summed E-state index contributed by atoms with van der Waals surface area (Å²) in [5, 5.41) is 18.3. The minimum absolute atomic E-state index is 0.279. The lowest BCUT2D eigenvalue weighted by atomic mass is 9.99. The Morgan fingerprint density at radius 3 is 2.75 bits per heavy atom. The van der Waals surface area contributed by atoms with Crippen LogP contribution in [0.3, 0.4) is 0 Å². The van der Waals surface area contributed by atoms with Gasteiger partial charge in [-0.2, -0.15) is 0 Å². The lowest BCUT2D eigenvalue weighted by Crippen LogP contribution is -2.26. The van der Waals surface area contributed by atoms with Crippen LogP contribution in [0, 0.1) is 0 Å². The summed E-state index contributed by atoms with van der Waals surface area (Å²) in [6.07, 6.45) is 6.31. The van der Waals surface area contributed by atoms with E-state index in [-0.39, 0.29) is 6.42 Å². The Balaban J connectivity index is 2.64. The second kappa shape index (κ2) is 3.73. The van der Waals surface area contributed by atoms with Crippen LogP contribution < -0.4 is 0 Å². The van der Waals surface area contributed by atoms with Gasteiger partial charge in [-0.15, -0.1) is 0 Å². The molecule has 0 amide bonds. The molecule has 68 valence electrons. The molecule has 3 heteroatoms. The first-order valence-corrected chi connectivity index (χ1v) is 4.95. The quantitative estimate of drug-likeness (QED) is 0.563. The number of hydrogen-bond acceptors (Lipinski definition) is 2. The second-order valence-corrected chi connectivity index (χ2v) is 4.10. The van der Waals surface area contributed by atoms with Crippen molar-refractivity contribution in [2.24, 2.45) is 0 Å². The van der Waals surface area contributed by atoms with Crippen LogP contribution in [-0.4, -0.2) is 20.8 Å². The number of rotatable bonds is 2. The van der Waals surface area contributed by atoms with Crippen LogP contribution in [0.5, 0.6) is 0 Å². The van der Waals surface area contributed by atoms with E-state index in [1.807, 2.05) is 6.08 Å². The molecular weight excluding hydrogens is 220 g/mol. The zero-order chi connectivity index (χ0) is 9.19. The van der Waals surface area contributed by atoms with Crippen molar-refractivity contribution in [2.45, 2.75) is 30.4 Å². The minimum atomic E-state index is -1.63. The van der Waals surface area contributed by atoms with E-state index in [1.54, 1.807) is 6.08 Å². The summed E-state index contributed by atoms with van der Waals surface area (Å²) < 4.78 is 0. The summed E-state index contributed by atoms with van der Waals surface area (Å²) in [5.74, 6) is -1.63. The molecule has 0 aromatic carbocycles. The monoisotopic (exact) mass is 232 g/mol. The fourth-order valence-corrected chi connectivity index (χ4v) is 1.44. The van der Waals surface area contributed by atoms with Crippen molar-refractivity contribution in [3.05, 3.63) is 23.8 Å². The molecule has 0 aliphatic heterocycles. The summed E-state index contributed by atoms with van der Waals surface area (Å²) in [6.45, 7) is 2.08. The molecule has 2 nitrogen and oxygen atoms in total. The van der Waals surface area contributed by atoms with E-state index in [0.717, 1.165) is 12.0 Å². The van der Waals surface area contributed by atoms with Gasteiger partial charge in [0.1, 0.15) is 0 Å². The summed E-state index contributed by atoms with van der Waals surface area (Å²) >= 11 is 3.49. The molecule has 0 saturated carbocycles. The van der Waals surface area contributed by atoms with Crippen LogP contribution in [0.1, 0.15) is 19.8 Å². The predicted octanol–water partition coefficient (Wildman–Crippen LogP) is 1.73. The first-order valence-electron chi connectivity index (χ1n) is 4.03. The maximum atomic E-state index is 9.16. The highest BCUT2D eigenvalue weighted by Gasteiger charge is 2.21. The van der Waals surface area contributed by atoms with Crippen LogP contribution in [0.15, 0.2) is 23.8 Å². The Kier molecular flexibility index (Phi) is 3.09. The Morgan fingerprint density at radius 2 is 2.33 bits per heavy atom. The Hall–Kier alpha value is -0.120. The van der Waals surface area contributed by atoms with Crippen LogP contribution in [-0.2, 0) is 0 Å². The Bertz CT molecular complexity index is 219. The fourth-order valence-electron chi connectivity index (χ4n) is 1.10. The van der Waals surface area contributed by atoms with Crippen molar-refractivity contribution in [3.8, 4) is 0 Å². The Labute approximate surface area is 80.7 Å². The molecule has 1 unspecified atom stereocenters. The van der Waals surface area contributed by atoms with Gasteiger partial charge in [0.05, 0.1) is 0 Å². The summed E-state index contributed by atoms with van der Waals surface area (Å²) in [5.41, 5.74) is 1.12. The van der Waals surface area contributed by atoms with Gasteiger partial charge in [0, 0.05) is 11.2 Å². The van der Waals surface area contributed by atoms with Crippen molar-refractivity contribution in [1.29, 1.82) is 0 Å². The number of alkyl halides is 1. The van der Waals surface area contributed by atoms with E-state index in [1.165, 1.54) is 6.08 Å². The average Bonchev–Trinajstić information content (AvgIpc) is 2.03. The van der Waals surface area contributed by atoms with Gasteiger partial charge in [-0.1, -0.05) is 35.0 Å². The molecule has 12 heavy (non-hydrogen) atoms. The molecule has 1 atom stereocenters. The van der Waals surface area contributed by atoms with E-state index in [9.17, 15) is 0 Å². The summed E-state index contributed by atoms with van der Waals surface area (Å²) in [7, 11) is 0. The van der Waals surface area contributed by atoms with Crippen molar-refractivity contribution >= 4 is 15.9 Å². The van der Waals surface area contributed by atoms with E-state index >= 15 is 0 Å². The van der Waals surface area contributed by atoms with Gasteiger partial charge in [-0.05, 0) is 18.1 Å². The summed E-state index contributed by atoms with van der Waals surface area (Å²) in [6, 6.07) is 0. The minimum Gasteiger partial charge on any atom is -0.362 e. The highest BCUT2D eigenvalue weighted by atomic mass is 79.9. The first-order chi connectivity index (χ1) is 5.55. The SMILES string of the molecule is CCC(Br)C1=CCC(O)(O)C=C1. The van der Waals surface area contributed by atoms with Gasteiger partial charge < -0.3 is 10.2 Å². The molecule has 0 fully saturated rings. The van der Waals surface area contributed by atoms with Crippen LogP contribution in [0.4, 0.5) is 0 Å². The van der Waals surface area contributed by atoms with Crippen LogP contribution in [0.25, 0.3) is 0 Å². The molecule has 0 spiro atoms. The fraction of sp³-hybridized carbons (Fsp3) is 0.556. The van der Waals surface area contributed by atoms with Crippen molar-refractivity contribution < 1.29 is 10.2 Å². The van der Waals surface area contributed by atoms with Crippen molar-refractivity contribution in [2.75, 3.05) is 0 Å². The third-order valence-electron chi connectivity index (χ3n) is 1.90. The highest BCUT2D eigenvalue weighted by molar-refractivity contribution is 9.09. The highest BCUT2D eigenvalue weighted by Crippen LogP contribution is 2.24. The third kappa shape index (κ3) is 2.44. The normalized spacial score (nSPS) is 23.5. The molecule has 0 aromatic heterocycles. The molecule has 0 heterocycles. The summed E-state index contributed by atoms with van der Waals surface area (Å²) in [4.78, 5) is 0.324. The lowest BCUT2D eigenvalue weighted by Gasteiger charge is -2.21. The largest absolute Gasteiger partial charge is 0.362 e. The smallest absolute Gasteiger partial charge is 0.186 e. The molecule has 0 aromatic rings. The Morgan fingerprint density at radius 1 is 1.67 bits per heavy atom. The van der Waals surface area contributed by atoms with Gasteiger partial charge in [-0.25, -0.2) is 0 Å². The molecule has 0 bridgehead atoms. The second-order valence-electron chi connectivity index (χ2n) is 3.00. The zero-order valence-corrected chi connectivity index (χ0v) is 8.58. The van der Waals surface area contributed by atoms with Crippen molar-refractivity contribution in [3.63, 3.8) is 0 Å². The van der Waals surface area contributed by atoms with Gasteiger partial charge in [-0.3, -0.25) is 0 Å². The van der Waals surface area contributed by atoms with Crippen LogP contribution in [0.2, 0.25) is 0 Å². The average molecular weight is 233 g/mol. The lowest BCUT2D eigenvalue weighted by molar-refractivity contribution is -0.115. The van der Waals surface area contributed by atoms with Crippen LogP contribution >= 0.6 is 15.9 Å². The topological polar surface area (TPSA) is 40.5 Å².